The fourth-order valence-corrected chi connectivity index (χ4v) is 3.60. The van der Waals surface area contributed by atoms with Crippen molar-refractivity contribution in [1.29, 1.82) is 0 Å². The summed E-state index contributed by atoms with van der Waals surface area (Å²) in [6, 6.07) is 11.0. The minimum Gasteiger partial charge on any atom is -0.340 e. The van der Waals surface area contributed by atoms with E-state index >= 15 is 0 Å². The summed E-state index contributed by atoms with van der Waals surface area (Å²) < 4.78 is 1.48. The van der Waals surface area contributed by atoms with E-state index in [9.17, 15) is 14.4 Å². The van der Waals surface area contributed by atoms with Gasteiger partial charge in [-0.3, -0.25) is 14.4 Å². The molecule has 10 nitrogen and oxygen atoms in total. The van der Waals surface area contributed by atoms with E-state index in [4.69, 9.17) is 0 Å². The lowest BCUT2D eigenvalue weighted by atomic mass is 10.1. The second kappa shape index (κ2) is 8.96. The van der Waals surface area contributed by atoms with E-state index in [0.717, 1.165) is 11.4 Å². The van der Waals surface area contributed by atoms with Crippen molar-refractivity contribution in [2.24, 2.45) is 0 Å². The minimum absolute atomic E-state index is 0.249. The lowest BCUT2D eigenvalue weighted by Crippen LogP contribution is -2.41. The van der Waals surface area contributed by atoms with Crippen LogP contribution in [0.4, 0.5) is 11.4 Å². The van der Waals surface area contributed by atoms with Crippen LogP contribution < -0.4 is 16.0 Å². The molecule has 3 amide bonds. The highest BCUT2D eigenvalue weighted by Gasteiger charge is 2.27. The number of carbonyl (C=O) groups is 3. The first kappa shape index (κ1) is 20.5. The van der Waals surface area contributed by atoms with Gasteiger partial charge in [0.05, 0.1) is 16.9 Å². The van der Waals surface area contributed by atoms with Gasteiger partial charge in [0.2, 0.25) is 5.91 Å². The molecule has 31 heavy (non-hydrogen) atoms. The van der Waals surface area contributed by atoms with Crippen LogP contribution in [0, 0.1) is 0 Å². The number of benzene rings is 2. The normalized spacial score (nSPS) is 15.5. The Morgan fingerprint density at radius 3 is 2.71 bits per heavy atom. The van der Waals surface area contributed by atoms with Crippen molar-refractivity contribution in [3.05, 3.63) is 59.9 Å². The maximum Gasteiger partial charge on any atom is 0.255 e. The summed E-state index contributed by atoms with van der Waals surface area (Å²) in [6.45, 7) is 0. The van der Waals surface area contributed by atoms with Gasteiger partial charge in [0.25, 0.3) is 11.8 Å². The predicted molar refractivity (Wildman–Crippen MR) is 116 cm³/mol. The van der Waals surface area contributed by atoms with Crippen molar-refractivity contribution in [1.82, 2.24) is 25.5 Å². The Morgan fingerprint density at radius 2 is 2.00 bits per heavy atom. The van der Waals surface area contributed by atoms with Gasteiger partial charge in [0, 0.05) is 11.3 Å². The summed E-state index contributed by atoms with van der Waals surface area (Å²) in [6.07, 6.45) is 3.94. The summed E-state index contributed by atoms with van der Waals surface area (Å²) in [5, 5.41) is 19.3. The molecule has 2 aromatic carbocycles. The first-order valence-electron chi connectivity index (χ1n) is 9.44. The maximum atomic E-state index is 12.6. The third-order valence-electron chi connectivity index (χ3n) is 4.76. The summed E-state index contributed by atoms with van der Waals surface area (Å²) >= 11 is 1.61. The van der Waals surface area contributed by atoms with Crippen LogP contribution in [0.1, 0.15) is 27.1 Å². The number of aromatic nitrogens is 4. The number of tetrazole rings is 1. The number of hydrogen-bond acceptors (Lipinski definition) is 7. The number of rotatable bonds is 6. The van der Waals surface area contributed by atoms with Crippen molar-refractivity contribution in [2.75, 3.05) is 22.6 Å². The first-order valence-corrected chi connectivity index (χ1v) is 10.8. The van der Waals surface area contributed by atoms with Crippen molar-refractivity contribution in [2.45, 2.75) is 12.5 Å². The Hall–Kier alpha value is -3.73. The zero-order valence-electron chi connectivity index (χ0n) is 16.5. The van der Waals surface area contributed by atoms with Crippen LogP contribution in [0.15, 0.2) is 48.8 Å². The molecule has 0 radical (unpaired) electrons. The van der Waals surface area contributed by atoms with Crippen LogP contribution in [0.5, 0.6) is 0 Å². The number of fused-ring (bicyclic) bond motifs is 1. The molecule has 0 bridgehead atoms. The van der Waals surface area contributed by atoms with Crippen LogP contribution in [0.25, 0.3) is 5.69 Å². The summed E-state index contributed by atoms with van der Waals surface area (Å²) in [4.78, 5) is 37.6. The van der Waals surface area contributed by atoms with Gasteiger partial charge in [0.1, 0.15) is 12.4 Å². The van der Waals surface area contributed by atoms with E-state index in [2.05, 4.69) is 31.5 Å². The number of nitrogens with one attached hydrogen (secondary N) is 3. The van der Waals surface area contributed by atoms with E-state index in [-0.39, 0.29) is 17.7 Å². The van der Waals surface area contributed by atoms with E-state index in [0.29, 0.717) is 28.9 Å². The number of nitrogens with zero attached hydrogens (tertiary/aromatic N) is 4. The van der Waals surface area contributed by atoms with Crippen LogP contribution in [0.2, 0.25) is 0 Å². The summed E-state index contributed by atoms with van der Waals surface area (Å²) in [7, 11) is 0. The van der Waals surface area contributed by atoms with Gasteiger partial charge >= 0.3 is 0 Å². The smallest absolute Gasteiger partial charge is 0.255 e. The number of hydrogen-bond donors (Lipinski definition) is 3. The Morgan fingerprint density at radius 1 is 1.19 bits per heavy atom. The van der Waals surface area contributed by atoms with Crippen molar-refractivity contribution < 1.29 is 14.4 Å². The third kappa shape index (κ3) is 4.56. The topological polar surface area (TPSA) is 131 Å². The van der Waals surface area contributed by atoms with Gasteiger partial charge in [-0.1, -0.05) is 0 Å². The molecule has 158 valence electrons. The van der Waals surface area contributed by atoms with Crippen LogP contribution in [-0.2, 0) is 4.79 Å². The molecule has 1 atom stereocenters. The van der Waals surface area contributed by atoms with Gasteiger partial charge in [-0.15, -0.1) is 5.10 Å². The fourth-order valence-electron chi connectivity index (χ4n) is 3.13. The predicted octanol–water partition coefficient (Wildman–Crippen LogP) is 1.72. The van der Waals surface area contributed by atoms with Gasteiger partial charge in [-0.25, -0.2) is 4.68 Å². The molecule has 0 aliphatic carbocycles. The Bertz CT molecular complexity index is 1120. The molecule has 0 spiro atoms. The highest BCUT2D eigenvalue weighted by molar-refractivity contribution is 7.98. The van der Waals surface area contributed by atoms with Gasteiger partial charge < -0.3 is 16.0 Å². The SMILES string of the molecule is CSCC[C@H]1NC(=O)c2cc(NC(=O)c3ccc(-n4cnnn4)cc3)ccc2NC1=O. The van der Waals surface area contributed by atoms with E-state index in [1.807, 2.05) is 6.26 Å². The highest BCUT2D eigenvalue weighted by Crippen LogP contribution is 2.24. The molecule has 0 saturated carbocycles. The summed E-state index contributed by atoms with van der Waals surface area (Å²) in [5.74, 6) is -0.191. The molecular formula is C20H19N7O3S. The second-order valence-electron chi connectivity index (χ2n) is 6.81. The Kier molecular flexibility index (Phi) is 5.94. The molecule has 1 aliphatic heterocycles. The number of thioether (sulfide) groups is 1. The quantitative estimate of drug-likeness (QED) is 0.535. The zero-order chi connectivity index (χ0) is 21.8. The summed E-state index contributed by atoms with van der Waals surface area (Å²) in [5.41, 5.74) is 2.31. The van der Waals surface area contributed by atoms with Crippen LogP contribution in [0.3, 0.4) is 0 Å². The number of carbonyl (C=O) groups excluding carboxylic acids is 3. The van der Waals surface area contributed by atoms with Crippen LogP contribution >= 0.6 is 11.8 Å². The third-order valence-corrected chi connectivity index (χ3v) is 5.40. The standard InChI is InChI=1S/C20H19N7O3S/c1-31-9-8-17-20(30)23-16-7-4-13(10-15(16)19(29)24-17)22-18(28)12-2-5-14(6-3-12)27-11-21-25-26-27/h2-7,10-11,17H,8-9H2,1H3,(H,22,28)(H,23,30)(H,24,29)/t17-/m1/s1. The van der Waals surface area contributed by atoms with E-state index < -0.39 is 6.04 Å². The van der Waals surface area contributed by atoms with E-state index in [1.54, 1.807) is 54.2 Å². The van der Waals surface area contributed by atoms with Gasteiger partial charge in [-0.2, -0.15) is 11.8 Å². The largest absolute Gasteiger partial charge is 0.340 e. The molecule has 0 fully saturated rings. The van der Waals surface area contributed by atoms with Crippen molar-refractivity contribution in [3.8, 4) is 5.69 Å². The molecule has 11 heteroatoms. The molecular weight excluding hydrogens is 418 g/mol. The second-order valence-corrected chi connectivity index (χ2v) is 7.80. The average Bonchev–Trinajstić information content (AvgIpc) is 3.28. The molecule has 3 aromatic rings. The number of amides is 3. The maximum absolute atomic E-state index is 12.6. The van der Waals surface area contributed by atoms with Gasteiger partial charge in [0.15, 0.2) is 0 Å². The Balaban J connectivity index is 1.49. The van der Waals surface area contributed by atoms with E-state index in [1.165, 1.54) is 11.0 Å². The fraction of sp³-hybridized carbons (Fsp3) is 0.200. The first-order chi connectivity index (χ1) is 15.0. The van der Waals surface area contributed by atoms with Crippen LogP contribution in [-0.4, -0.2) is 56.0 Å². The molecule has 0 unspecified atom stereocenters. The monoisotopic (exact) mass is 437 g/mol. The highest BCUT2D eigenvalue weighted by atomic mass is 32.2. The zero-order valence-corrected chi connectivity index (χ0v) is 17.3. The molecule has 1 aromatic heterocycles. The molecule has 2 heterocycles. The lowest BCUT2D eigenvalue weighted by Gasteiger charge is -2.13. The molecule has 1 aliphatic rings. The molecule has 3 N–H and O–H groups in total. The molecule has 4 rings (SSSR count). The minimum atomic E-state index is -0.593. The molecule has 0 saturated heterocycles. The van der Waals surface area contributed by atoms with Crippen molar-refractivity contribution in [3.63, 3.8) is 0 Å². The lowest BCUT2D eigenvalue weighted by molar-refractivity contribution is -0.117. The Labute approximate surface area is 181 Å². The van der Waals surface area contributed by atoms with Gasteiger partial charge in [-0.05, 0) is 71.3 Å². The number of anilines is 2. The van der Waals surface area contributed by atoms with Crippen molar-refractivity contribution >= 4 is 40.9 Å². The average molecular weight is 437 g/mol.